The fourth-order valence-electron chi connectivity index (χ4n) is 3.90. The van der Waals surface area contributed by atoms with Crippen molar-refractivity contribution in [2.24, 2.45) is 5.92 Å². The molecule has 2 amide bonds. The van der Waals surface area contributed by atoms with Crippen LogP contribution in [0.1, 0.15) is 47.2 Å². The summed E-state index contributed by atoms with van der Waals surface area (Å²) in [7, 11) is 0. The molecule has 0 radical (unpaired) electrons. The van der Waals surface area contributed by atoms with Crippen LogP contribution in [0.3, 0.4) is 0 Å². The van der Waals surface area contributed by atoms with Gasteiger partial charge in [0.05, 0.1) is 18.6 Å². The van der Waals surface area contributed by atoms with Gasteiger partial charge in [0.1, 0.15) is 5.75 Å². The number of likely N-dealkylation sites (tertiary alicyclic amines) is 1. The molecule has 2 aromatic carbocycles. The summed E-state index contributed by atoms with van der Waals surface area (Å²) in [6, 6.07) is 15.9. The first-order chi connectivity index (χ1) is 14.6. The van der Waals surface area contributed by atoms with Crippen LogP contribution >= 0.6 is 0 Å². The molecule has 2 aliphatic rings. The number of nitrogens with zero attached hydrogens (tertiary/aromatic N) is 1. The lowest BCUT2D eigenvalue weighted by atomic mass is 9.98. The van der Waals surface area contributed by atoms with Crippen molar-refractivity contribution in [2.75, 3.05) is 19.7 Å². The van der Waals surface area contributed by atoms with Gasteiger partial charge in [-0.2, -0.15) is 0 Å². The Kier molecular flexibility index (Phi) is 6.36. The molecule has 0 spiro atoms. The molecule has 1 atom stereocenters. The summed E-state index contributed by atoms with van der Waals surface area (Å²) in [5, 5.41) is 3.03. The monoisotopic (exact) mass is 406 g/mol. The standard InChI is InChI=1S/C25H30N2O3/c1-18-8-10-19(11-9-18)15-24(28)27-14-4-5-20(16-27)17-30-23-7-3-2-6-22(23)25(29)26-21-12-13-21/h2-3,6-11,20-21H,4-5,12-17H2,1H3,(H,26,29). The van der Waals surface area contributed by atoms with Gasteiger partial charge >= 0.3 is 0 Å². The van der Waals surface area contributed by atoms with Crippen LogP contribution in [0.2, 0.25) is 0 Å². The minimum Gasteiger partial charge on any atom is -0.492 e. The highest BCUT2D eigenvalue weighted by Gasteiger charge is 2.26. The molecule has 5 heteroatoms. The molecule has 1 saturated heterocycles. The number of para-hydroxylation sites is 1. The Hall–Kier alpha value is -2.82. The molecule has 30 heavy (non-hydrogen) atoms. The van der Waals surface area contributed by atoms with Gasteiger partial charge in [-0.3, -0.25) is 9.59 Å². The normalized spacial score (nSPS) is 18.7. The lowest BCUT2D eigenvalue weighted by Crippen LogP contribution is -2.42. The van der Waals surface area contributed by atoms with E-state index in [0.29, 0.717) is 36.9 Å². The summed E-state index contributed by atoms with van der Waals surface area (Å²) < 4.78 is 6.06. The Morgan fingerprint density at radius 2 is 1.83 bits per heavy atom. The maximum atomic E-state index is 12.8. The van der Waals surface area contributed by atoms with Crippen molar-refractivity contribution in [3.63, 3.8) is 0 Å². The summed E-state index contributed by atoms with van der Waals surface area (Å²) in [6.45, 7) is 4.08. The smallest absolute Gasteiger partial charge is 0.255 e. The number of amides is 2. The summed E-state index contributed by atoms with van der Waals surface area (Å²) in [5.41, 5.74) is 2.85. The van der Waals surface area contributed by atoms with Crippen LogP contribution in [0.4, 0.5) is 0 Å². The van der Waals surface area contributed by atoms with Crippen LogP contribution in [-0.2, 0) is 11.2 Å². The first-order valence-electron chi connectivity index (χ1n) is 10.9. The molecule has 0 aromatic heterocycles. The van der Waals surface area contributed by atoms with E-state index in [1.165, 1.54) is 5.56 Å². The van der Waals surface area contributed by atoms with Gasteiger partial charge < -0.3 is 15.0 Å². The van der Waals surface area contributed by atoms with Gasteiger partial charge in [0.25, 0.3) is 5.91 Å². The molecule has 1 aliphatic carbocycles. The Bertz CT molecular complexity index is 890. The molecule has 4 rings (SSSR count). The number of piperidine rings is 1. The van der Waals surface area contributed by atoms with E-state index in [2.05, 4.69) is 12.2 Å². The van der Waals surface area contributed by atoms with Crippen molar-refractivity contribution >= 4 is 11.8 Å². The third kappa shape index (κ3) is 5.41. The minimum atomic E-state index is -0.0633. The number of hydrogen-bond acceptors (Lipinski definition) is 3. The van der Waals surface area contributed by atoms with Crippen LogP contribution in [0.25, 0.3) is 0 Å². The molecule has 1 unspecified atom stereocenters. The number of hydrogen-bond donors (Lipinski definition) is 1. The molecule has 1 heterocycles. The molecule has 1 N–H and O–H groups in total. The van der Waals surface area contributed by atoms with Crippen molar-refractivity contribution in [1.29, 1.82) is 0 Å². The first-order valence-corrected chi connectivity index (χ1v) is 10.9. The second-order valence-electron chi connectivity index (χ2n) is 8.57. The lowest BCUT2D eigenvalue weighted by Gasteiger charge is -2.33. The number of ether oxygens (including phenoxy) is 1. The zero-order valence-electron chi connectivity index (χ0n) is 17.6. The van der Waals surface area contributed by atoms with Gasteiger partial charge in [-0.05, 0) is 50.3 Å². The molecule has 2 aromatic rings. The number of carbonyl (C=O) groups is 2. The lowest BCUT2D eigenvalue weighted by molar-refractivity contribution is -0.132. The molecule has 1 aliphatic heterocycles. The average molecular weight is 407 g/mol. The number of benzene rings is 2. The van der Waals surface area contributed by atoms with Gasteiger partial charge in [0, 0.05) is 25.0 Å². The van der Waals surface area contributed by atoms with E-state index in [-0.39, 0.29) is 17.7 Å². The molecular weight excluding hydrogens is 376 g/mol. The quantitative estimate of drug-likeness (QED) is 0.762. The maximum Gasteiger partial charge on any atom is 0.255 e. The molecular formula is C25H30N2O3. The van der Waals surface area contributed by atoms with E-state index in [1.54, 1.807) is 0 Å². The molecule has 2 fully saturated rings. The molecule has 1 saturated carbocycles. The van der Waals surface area contributed by atoms with Gasteiger partial charge in [-0.15, -0.1) is 0 Å². The number of aryl methyl sites for hydroxylation is 1. The maximum absolute atomic E-state index is 12.8. The second-order valence-corrected chi connectivity index (χ2v) is 8.57. The highest BCUT2D eigenvalue weighted by molar-refractivity contribution is 5.97. The third-order valence-electron chi connectivity index (χ3n) is 5.87. The number of carbonyl (C=O) groups excluding carboxylic acids is 2. The Morgan fingerprint density at radius 1 is 1.07 bits per heavy atom. The van der Waals surface area contributed by atoms with Gasteiger partial charge in [0.15, 0.2) is 0 Å². The van der Waals surface area contributed by atoms with E-state index < -0.39 is 0 Å². The molecule has 5 nitrogen and oxygen atoms in total. The molecule has 0 bridgehead atoms. The highest BCUT2D eigenvalue weighted by atomic mass is 16.5. The topological polar surface area (TPSA) is 58.6 Å². The van der Waals surface area contributed by atoms with E-state index in [4.69, 9.17) is 4.74 Å². The summed E-state index contributed by atoms with van der Waals surface area (Å²) in [5.74, 6) is 1.01. The summed E-state index contributed by atoms with van der Waals surface area (Å²) >= 11 is 0. The summed E-state index contributed by atoms with van der Waals surface area (Å²) in [4.78, 5) is 27.2. The van der Waals surface area contributed by atoms with Gasteiger partial charge in [0.2, 0.25) is 5.91 Å². The largest absolute Gasteiger partial charge is 0.492 e. The van der Waals surface area contributed by atoms with Crippen LogP contribution in [0, 0.1) is 12.8 Å². The Labute approximate surface area is 178 Å². The van der Waals surface area contributed by atoms with Gasteiger partial charge in [-0.1, -0.05) is 42.0 Å². The van der Waals surface area contributed by atoms with E-state index in [9.17, 15) is 9.59 Å². The zero-order valence-corrected chi connectivity index (χ0v) is 17.6. The first kappa shape index (κ1) is 20.5. The fourth-order valence-corrected chi connectivity index (χ4v) is 3.90. The van der Waals surface area contributed by atoms with Crippen molar-refractivity contribution < 1.29 is 14.3 Å². The highest BCUT2D eigenvalue weighted by Crippen LogP contribution is 2.24. The van der Waals surface area contributed by atoms with Crippen LogP contribution in [-0.4, -0.2) is 42.5 Å². The van der Waals surface area contributed by atoms with Crippen molar-refractivity contribution in [1.82, 2.24) is 10.2 Å². The van der Waals surface area contributed by atoms with E-state index >= 15 is 0 Å². The second kappa shape index (κ2) is 9.33. The average Bonchev–Trinajstić information content (AvgIpc) is 3.58. The van der Waals surface area contributed by atoms with Crippen LogP contribution in [0.5, 0.6) is 5.75 Å². The number of rotatable bonds is 7. The van der Waals surface area contributed by atoms with Crippen molar-refractivity contribution in [2.45, 2.75) is 45.1 Å². The van der Waals surface area contributed by atoms with E-state index in [1.807, 2.05) is 53.4 Å². The van der Waals surface area contributed by atoms with E-state index in [0.717, 1.165) is 37.8 Å². The zero-order chi connectivity index (χ0) is 20.9. The Balaban J connectivity index is 1.31. The van der Waals surface area contributed by atoms with Crippen LogP contribution in [0.15, 0.2) is 48.5 Å². The Morgan fingerprint density at radius 3 is 2.60 bits per heavy atom. The predicted octanol–water partition coefficient (Wildman–Crippen LogP) is 3.75. The van der Waals surface area contributed by atoms with Crippen molar-refractivity contribution in [3.8, 4) is 5.75 Å². The summed E-state index contributed by atoms with van der Waals surface area (Å²) in [6.07, 6.45) is 4.58. The third-order valence-corrected chi connectivity index (χ3v) is 5.87. The SMILES string of the molecule is Cc1ccc(CC(=O)N2CCCC(COc3ccccc3C(=O)NC3CC3)C2)cc1. The number of nitrogens with one attached hydrogen (secondary N) is 1. The fraction of sp³-hybridized carbons (Fsp3) is 0.440. The minimum absolute atomic E-state index is 0.0633. The van der Waals surface area contributed by atoms with Gasteiger partial charge in [-0.25, -0.2) is 0 Å². The van der Waals surface area contributed by atoms with Crippen LogP contribution < -0.4 is 10.1 Å². The molecule has 158 valence electrons. The predicted molar refractivity (Wildman–Crippen MR) is 117 cm³/mol. The van der Waals surface area contributed by atoms with Crippen molar-refractivity contribution in [3.05, 3.63) is 65.2 Å².